The van der Waals surface area contributed by atoms with E-state index in [2.05, 4.69) is 20.4 Å². The lowest BCUT2D eigenvalue weighted by molar-refractivity contribution is 0.0374. The van der Waals surface area contributed by atoms with E-state index in [1.165, 1.54) is 0 Å². The first-order valence-corrected chi connectivity index (χ1v) is 7.89. The van der Waals surface area contributed by atoms with Crippen LogP contribution in [-0.2, 0) is 11.3 Å². The number of aromatic nitrogens is 3. The highest BCUT2D eigenvalue weighted by Gasteiger charge is 2.09. The molecule has 0 unspecified atom stereocenters. The van der Waals surface area contributed by atoms with Crippen LogP contribution in [0.25, 0.3) is 5.69 Å². The monoisotopic (exact) mass is 301 g/mol. The molecule has 1 aromatic heterocycles. The van der Waals surface area contributed by atoms with Crippen LogP contribution >= 0.6 is 0 Å². The van der Waals surface area contributed by atoms with Gasteiger partial charge in [0.1, 0.15) is 0 Å². The van der Waals surface area contributed by atoms with Crippen molar-refractivity contribution < 1.29 is 4.74 Å². The van der Waals surface area contributed by atoms with Crippen LogP contribution in [0, 0.1) is 0 Å². The van der Waals surface area contributed by atoms with Gasteiger partial charge in [-0.05, 0) is 31.6 Å². The second-order valence-corrected chi connectivity index (χ2v) is 5.45. The van der Waals surface area contributed by atoms with Crippen molar-refractivity contribution in [1.29, 1.82) is 0 Å². The van der Waals surface area contributed by atoms with Gasteiger partial charge in [0.05, 0.1) is 30.8 Å². The van der Waals surface area contributed by atoms with Gasteiger partial charge in [0.25, 0.3) is 0 Å². The number of para-hydroxylation sites is 1. The topological polar surface area (TPSA) is 55.2 Å². The molecular weight excluding hydrogens is 278 g/mol. The summed E-state index contributed by atoms with van der Waals surface area (Å²) in [5.41, 5.74) is 1.95. The minimum Gasteiger partial charge on any atom is -0.379 e. The Kier molecular flexibility index (Phi) is 5.53. The van der Waals surface area contributed by atoms with Crippen LogP contribution in [-0.4, -0.2) is 59.3 Å². The van der Waals surface area contributed by atoms with Crippen LogP contribution in [0.15, 0.2) is 36.5 Å². The van der Waals surface area contributed by atoms with Gasteiger partial charge in [-0.15, -0.1) is 0 Å². The molecule has 3 rings (SSSR count). The number of hydrogen-bond donors (Lipinski definition) is 1. The van der Waals surface area contributed by atoms with Crippen molar-refractivity contribution in [3.8, 4) is 5.69 Å². The molecule has 1 aliphatic rings. The van der Waals surface area contributed by atoms with Crippen molar-refractivity contribution in [1.82, 2.24) is 25.2 Å². The number of morpholine rings is 1. The fourth-order valence-corrected chi connectivity index (χ4v) is 2.53. The van der Waals surface area contributed by atoms with Gasteiger partial charge in [0, 0.05) is 19.6 Å². The Bertz CT molecular complexity index is 551. The zero-order chi connectivity index (χ0) is 15.0. The SMILES string of the molecule is c1ccc(-n2ncc(CNCCCN3CCOCC3)n2)cc1. The summed E-state index contributed by atoms with van der Waals surface area (Å²) in [7, 11) is 0. The highest BCUT2D eigenvalue weighted by molar-refractivity contribution is 5.28. The van der Waals surface area contributed by atoms with Gasteiger partial charge in [-0.3, -0.25) is 4.90 Å². The van der Waals surface area contributed by atoms with Gasteiger partial charge in [0.15, 0.2) is 0 Å². The smallest absolute Gasteiger partial charge is 0.0969 e. The summed E-state index contributed by atoms with van der Waals surface area (Å²) in [5, 5.41) is 12.2. The molecule has 1 fully saturated rings. The summed E-state index contributed by atoms with van der Waals surface area (Å²) in [5.74, 6) is 0. The summed E-state index contributed by atoms with van der Waals surface area (Å²) < 4.78 is 5.35. The molecule has 0 amide bonds. The van der Waals surface area contributed by atoms with Crippen molar-refractivity contribution >= 4 is 0 Å². The van der Waals surface area contributed by atoms with Gasteiger partial charge < -0.3 is 10.1 Å². The van der Waals surface area contributed by atoms with Crippen LogP contribution in [0.1, 0.15) is 12.1 Å². The van der Waals surface area contributed by atoms with E-state index in [9.17, 15) is 0 Å². The quantitative estimate of drug-likeness (QED) is 0.776. The summed E-state index contributed by atoms with van der Waals surface area (Å²) in [4.78, 5) is 4.13. The van der Waals surface area contributed by atoms with Gasteiger partial charge in [0.2, 0.25) is 0 Å². The zero-order valence-electron chi connectivity index (χ0n) is 12.8. The first-order valence-electron chi connectivity index (χ1n) is 7.89. The van der Waals surface area contributed by atoms with E-state index in [4.69, 9.17) is 4.74 Å². The van der Waals surface area contributed by atoms with E-state index < -0.39 is 0 Å². The van der Waals surface area contributed by atoms with Gasteiger partial charge in [-0.1, -0.05) is 18.2 Å². The molecule has 1 N–H and O–H groups in total. The molecule has 0 aliphatic carbocycles. The third-order valence-electron chi connectivity index (χ3n) is 3.76. The van der Waals surface area contributed by atoms with Crippen molar-refractivity contribution in [3.05, 3.63) is 42.2 Å². The molecule has 2 aromatic rings. The van der Waals surface area contributed by atoms with Gasteiger partial charge >= 0.3 is 0 Å². The second-order valence-electron chi connectivity index (χ2n) is 5.45. The van der Waals surface area contributed by atoms with Crippen molar-refractivity contribution in [2.75, 3.05) is 39.4 Å². The molecule has 0 radical (unpaired) electrons. The zero-order valence-corrected chi connectivity index (χ0v) is 12.8. The second kappa shape index (κ2) is 8.03. The highest BCUT2D eigenvalue weighted by atomic mass is 16.5. The maximum atomic E-state index is 5.35. The van der Waals surface area contributed by atoms with Crippen LogP contribution < -0.4 is 5.32 Å². The normalized spacial score (nSPS) is 16.0. The maximum absolute atomic E-state index is 5.35. The Morgan fingerprint density at radius 1 is 1.14 bits per heavy atom. The van der Waals surface area contributed by atoms with Crippen molar-refractivity contribution in [2.45, 2.75) is 13.0 Å². The van der Waals surface area contributed by atoms with E-state index in [0.29, 0.717) is 0 Å². The van der Waals surface area contributed by atoms with E-state index in [1.54, 1.807) is 4.80 Å². The number of benzene rings is 1. The number of nitrogens with one attached hydrogen (secondary N) is 1. The summed E-state index contributed by atoms with van der Waals surface area (Å²) >= 11 is 0. The number of hydrogen-bond acceptors (Lipinski definition) is 5. The molecule has 6 heteroatoms. The molecule has 22 heavy (non-hydrogen) atoms. The minimum atomic E-state index is 0.760. The Labute approximate surface area is 131 Å². The Morgan fingerprint density at radius 2 is 1.95 bits per heavy atom. The Morgan fingerprint density at radius 3 is 2.77 bits per heavy atom. The largest absolute Gasteiger partial charge is 0.379 e. The van der Waals surface area contributed by atoms with Gasteiger partial charge in [-0.25, -0.2) is 0 Å². The van der Waals surface area contributed by atoms with E-state index in [1.807, 2.05) is 36.5 Å². The predicted octanol–water partition coefficient (Wildman–Crippen LogP) is 1.08. The standard InChI is InChI=1S/C16H23N5O/c1-2-5-16(6-3-1)21-18-14-15(19-21)13-17-7-4-8-20-9-11-22-12-10-20/h1-3,5-6,14,17H,4,7-13H2. The summed E-state index contributed by atoms with van der Waals surface area (Å²) in [6, 6.07) is 9.97. The maximum Gasteiger partial charge on any atom is 0.0969 e. The molecule has 1 aromatic carbocycles. The Hall–Kier alpha value is -1.76. The fraction of sp³-hybridized carbons (Fsp3) is 0.500. The predicted molar refractivity (Wildman–Crippen MR) is 84.9 cm³/mol. The Balaban J connectivity index is 1.36. The number of nitrogens with zero attached hydrogens (tertiary/aromatic N) is 4. The van der Waals surface area contributed by atoms with Crippen LogP contribution in [0.4, 0.5) is 0 Å². The average molecular weight is 301 g/mol. The van der Waals surface area contributed by atoms with Crippen LogP contribution in [0.5, 0.6) is 0 Å². The summed E-state index contributed by atoms with van der Waals surface area (Å²) in [6.07, 6.45) is 2.97. The van der Waals surface area contributed by atoms with E-state index in [0.717, 1.165) is 63.7 Å². The molecule has 6 nitrogen and oxygen atoms in total. The lowest BCUT2D eigenvalue weighted by atomic mass is 10.3. The molecule has 0 bridgehead atoms. The molecular formula is C16H23N5O. The highest BCUT2D eigenvalue weighted by Crippen LogP contribution is 2.04. The first kappa shape index (κ1) is 15.1. The molecule has 0 saturated carbocycles. The molecule has 1 aliphatic heterocycles. The lowest BCUT2D eigenvalue weighted by Gasteiger charge is -2.26. The molecule has 0 atom stereocenters. The minimum absolute atomic E-state index is 0.760. The third kappa shape index (κ3) is 4.37. The third-order valence-corrected chi connectivity index (χ3v) is 3.76. The average Bonchev–Trinajstić information content (AvgIpc) is 3.05. The molecule has 1 saturated heterocycles. The molecule has 2 heterocycles. The van der Waals surface area contributed by atoms with E-state index >= 15 is 0 Å². The van der Waals surface area contributed by atoms with Crippen molar-refractivity contribution in [3.63, 3.8) is 0 Å². The first-order chi connectivity index (χ1) is 10.9. The summed E-state index contributed by atoms with van der Waals surface area (Å²) in [6.45, 7) is 6.75. The van der Waals surface area contributed by atoms with E-state index in [-0.39, 0.29) is 0 Å². The number of rotatable bonds is 7. The van der Waals surface area contributed by atoms with Crippen molar-refractivity contribution in [2.24, 2.45) is 0 Å². The van der Waals surface area contributed by atoms with Crippen LogP contribution in [0.3, 0.4) is 0 Å². The van der Waals surface area contributed by atoms with Crippen LogP contribution in [0.2, 0.25) is 0 Å². The van der Waals surface area contributed by atoms with Gasteiger partial charge in [-0.2, -0.15) is 15.0 Å². The molecule has 0 spiro atoms. The lowest BCUT2D eigenvalue weighted by Crippen LogP contribution is -2.37. The number of ether oxygens (including phenoxy) is 1. The molecule has 118 valence electrons. The fourth-order valence-electron chi connectivity index (χ4n) is 2.53.